The zero-order valence-corrected chi connectivity index (χ0v) is 20.6. The van der Waals surface area contributed by atoms with Crippen LogP contribution in [-0.4, -0.2) is 33.9 Å². The summed E-state index contributed by atoms with van der Waals surface area (Å²) in [5.41, 5.74) is 2.69. The van der Waals surface area contributed by atoms with Crippen LogP contribution in [0.1, 0.15) is 69.4 Å². The van der Waals surface area contributed by atoms with E-state index in [1.807, 2.05) is 6.07 Å². The average Bonchev–Trinajstić information content (AvgIpc) is 2.84. The highest BCUT2D eigenvalue weighted by atomic mass is 16.5. The number of hydrogen-bond donors (Lipinski definition) is 1. The van der Waals surface area contributed by atoms with Gasteiger partial charge in [0.2, 0.25) is 0 Å². The fourth-order valence-electron chi connectivity index (χ4n) is 4.10. The number of unbranched alkanes of at least 4 members (excludes halogenated alkanes) is 4. The van der Waals surface area contributed by atoms with Crippen molar-refractivity contribution in [3.05, 3.63) is 53.6 Å². The van der Waals surface area contributed by atoms with Crippen molar-refractivity contribution in [3.8, 4) is 17.2 Å². The molecule has 0 amide bonds. The molecule has 0 radical (unpaired) electrons. The zero-order chi connectivity index (χ0) is 23.0. The van der Waals surface area contributed by atoms with Gasteiger partial charge in [0.15, 0.2) is 11.5 Å². The van der Waals surface area contributed by atoms with Gasteiger partial charge in [-0.1, -0.05) is 50.8 Å². The third-order valence-corrected chi connectivity index (χ3v) is 6.12. The minimum Gasteiger partial charge on any atom is -0.497 e. The Bertz CT molecular complexity index is 745. The molecule has 0 fully saturated rings. The number of ether oxygens (including phenoxy) is 3. The number of benzene rings is 2. The highest BCUT2D eigenvalue weighted by Gasteiger charge is 2.10. The summed E-state index contributed by atoms with van der Waals surface area (Å²) in [6, 6.07) is 15.3. The smallest absolute Gasteiger partial charge is 0.160 e. The minimum atomic E-state index is 0.573. The van der Waals surface area contributed by atoms with Crippen LogP contribution in [0.15, 0.2) is 42.5 Å². The minimum absolute atomic E-state index is 0.573. The molecule has 1 unspecified atom stereocenters. The number of hydrogen-bond acceptors (Lipinski definition) is 4. The van der Waals surface area contributed by atoms with Crippen LogP contribution in [0.5, 0.6) is 17.2 Å². The second kappa shape index (κ2) is 15.6. The van der Waals surface area contributed by atoms with E-state index < -0.39 is 0 Å². The fraction of sp³-hybridized carbons (Fsp3) is 0.571. The predicted molar refractivity (Wildman–Crippen MR) is 134 cm³/mol. The molecule has 2 rings (SSSR count). The zero-order valence-electron chi connectivity index (χ0n) is 20.6. The third-order valence-electron chi connectivity index (χ3n) is 6.12. The summed E-state index contributed by atoms with van der Waals surface area (Å²) in [6.45, 7) is 3.40. The number of nitrogens with one attached hydrogen (secondary N) is 1. The maximum atomic E-state index is 5.44. The molecular weight excluding hydrogens is 398 g/mol. The van der Waals surface area contributed by atoms with Gasteiger partial charge in [-0.25, -0.2) is 0 Å². The van der Waals surface area contributed by atoms with Crippen LogP contribution in [0.3, 0.4) is 0 Å². The Morgan fingerprint density at radius 1 is 0.688 bits per heavy atom. The molecule has 0 aliphatic carbocycles. The maximum absolute atomic E-state index is 5.44. The van der Waals surface area contributed by atoms with Crippen LogP contribution >= 0.6 is 0 Å². The Balaban J connectivity index is 1.80. The first-order valence-corrected chi connectivity index (χ1v) is 12.3. The summed E-state index contributed by atoms with van der Waals surface area (Å²) in [6.07, 6.45) is 12.2. The predicted octanol–water partition coefficient (Wildman–Crippen LogP) is 6.60. The van der Waals surface area contributed by atoms with Crippen molar-refractivity contribution in [2.75, 3.05) is 27.9 Å². The lowest BCUT2D eigenvalue weighted by atomic mass is 9.98. The van der Waals surface area contributed by atoms with E-state index in [0.717, 1.165) is 36.6 Å². The van der Waals surface area contributed by atoms with Gasteiger partial charge in [0, 0.05) is 6.04 Å². The van der Waals surface area contributed by atoms with Crippen molar-refractivity contribution < 1.29 is 14.2 Å². The molecule has 0 aliphatic heterocycles. The van der Waals surface area contributed by atoms with Crippen LogP contribution in [-0.2, 0) is 12.8 Å². The fourth-order valence-corrected chi connectivity index (χ4v) is 4.10. The molecule has 4 nitrogen and oxygen atoms in total. The summed E-state index contributed by atoms with van der Waals surface area (Å²) in [5.74, 6) is 2.53. The van der Waals surface area contributed by atoms with Gasteiger partial charge >= 0.3 is 0 Å². The number of rotatable bonds is 17. The lowest BCUT2D eigenvalue weighted by Crippen LogP contribution is -2.30. The molecule has 4 heteroatoms. The third kappa shape index (κ3) is 9.52. The lowest BCUT2D eigenvalue weighted by molar-refractivity contribution is 0.354. The van der Waals surface area contributed by atoms with Crippen molar-refractivity contribution in [2.24, 2.45) is 0 Å². The summed E-state index contributed by atoms with van der Waals surface area (Å²) >= 11 is 0. The van der Waals surface area contributed by atoms with Gasteiger partial charge < -0.3 is 19.5 Å². The Morgan fingerprint density at radius 3 is 2.12 bits per heavy atom. The Kier molecular flexibility index (Phi) is 12.7. The van der Waals surface area contributed by atoms with E-state index in [1.165, 1.54) is 62.5 Å². The quantitative estimate of drug-likeness (QED) is 0.281. The van der Waals surface area contributed by atoms with Gasteiger partial charge in [-0.3, -0.25) is 0 Å². The molecule has 178 valence electrons. The molecular formula is C28H43NO3. The van der Waals surface area contributed by atoms with Crippen molar-refractivity contribution >= 4 is 0 Å². The Hall–Kier alpha value is -2.20. The van der Waals surface area contributed by atoms with E-state index in [4.69, 9.17) is 14.2 Å². The number of methoxy groups -OCH3 is 3. The second-order valence-electron chi connectivity index (χ2n) is 8.53. The van der Waals surface area contributed by atoms with Crippen LogP contribution in [0.25, 0.3) is 0 Å². The highest BCUT2D eigenvalue weighted by molar-refractivity contribution is 5.42. The SMILES string of the molecule is CCCCCCNC(CCCCc1ccc(OC)c(OC)c1)CCc1ccc(OC)cc1. The molecule has 0 saturated heterocycles. The highest BCUT2D eigenvalue weighted by Crippen LogP contribution is 2.28. The summed E-state index contributed by atoms with van der Waals surface area (Å²) in [7, 11) is 5.09. The Labute approximate surface area is 195 Å². The summed E-state index contributed by atoms with van der Waals surface area (Å²) in [4.78, 5) is 0. The molecule has 0 heterocycles. The normalized spacial score (nSPS) is 11.9. The maximum Gasteiger partial charge on any atom is 0.160 e. The van der Waals surface area contributed by atoms with E-state index in [2.05, 4.69) is 48.6 Å². The van der Waals surface area contributed by atoms with E-state index >= 15 is 0 Å². The molecule has 1 atom stereocenters. The summed E-state index contributed by atoms with van der Waals surface area (Å²) in [5, 5.41) is 3.84. The molecule has 0 bridgehead atoms. The standard InChI is InChI=1S/C28H43NO3/c1-5-6-7-10-21-29-25(17-13-23-14-18-26(30-2)19-15-23)12-9-8-11-24-16-20-27(31-3)28(22-24)32-4/h14-16,18-20,22,25,29H,5-13,17,21H2,1-4H3. The second-order valence-corrected chi connectivity index (χ2v) is 8.53. The monoisotopic (exact) mass is 441 g/mol. The van der Waals surface area contributed by atoms with Crippen molar-refractivity contribution in [1.82, 2.24) is 5.32 Å². The van der Waals surface area contributed by atoms with Crippen LogP contribution in [0.2, 0.25) is 0 Å². The van der Waals surface area contributed by atoms with Gasteiger partial charge in [0.25, 0.3) is 0 Å². The van der Waals surface area contributed by atoms with Crippen LogP contribution < -0.4 is 19.5 Å². The molecule has 2 aromatic rings. The van der Waals surface area contributed by atoms with Crippen LogP contribution in [0, 0.1) is 0 Å². The number of aryl methyl sites for hydroxylation is 2. The first-order chi connectivity index (χ1) is 15.7. The average molecular weight is 442 g/mol. The van der Waals surface area contributed by atoms with Gasteiger partial charge in [-0.05, 0) is 80.5 Å². The van der Waals surface area contributed by atoms with Gasteiger partial charge in [-0.2, -0.15) is 0 Å². The first-order valence-electron chi connectivity index (χ1n) is 12.3. The largest absolute Gasteiger partial charge is 0.497 e. The van der Waals surface area contributed by atoms with Gasteiger partial charge in [-0.15, -0.1) is 0 Å². The van der Waals surface area contributed by atoms with Gasteiger partial charge in [0.05, 0.1) is 21.3 Å². The van der Waals surface area contributed by atoms with Crippen molar-refractivity contribution in [3.63, 3.8) is 0 Å². The molecule has 0 aromatic heterocycles. The van der Waals surface area contributed by atoms with E-state index in [-0.39, 0.29) is 0 Å². The van der Waals surface area contributed by atoms with E-state index in [1.54, 1.807) is 21.3 Å². The first kappa shape index (κ1) is 26.1. The Morgan fingerprint density at radius 2 is 1.44 bits per heavy atom. The van der Waals surface area contributed by atoms with Gasteiger partial charge in [0.1, 0.15) is 5.75 Å². The van der Waals surface area contributed by atoms with Crippen molar-refractivity contribution in [2.45, 2.75) is 77.2 Å². The molecule has 32 heavy (non-hydrogen) atoms. The lowest BCUT2D eigenvalue weighted by Gasteiger charge is -2.19. The van der Waals surface area contributed by atoms with Crippen molar-refractivity contribution in [1.29, 1.82) is 0 Å². The molecule has 0 aliphatic rings. The van der Waals surface area contributed by atoms with Crippen LogP contribution in [0.4, 0.5) is 0 Å². The summed E-state index contributed by atoms with van der Waals surface area (Å²) < 4.78 is 16.1. The van der Waals surface area contributed by atoms with E-state index in [0.29, 0.717) is 6.04 Å². The topological polar surface area (TPSA) is 39.7 Å². The molecule has 1 N–H and O–H groups in total. The molecule has 0 spiro atoms. The molecule has 2 aromatic carbocycles. The van der Waals surface area contributed by atoms with E-state index in [9.17, 15) is 0 Å². The molecule has 0 saturated carbocycles.